The normalized spacial score (nSPS) is 35.1. The first-order chi connectivity index (χ1) is 7.14. The van der Waals surface area contributed by atoms with E-state index in [1.807, 2.05) is 0 Å². The standard InChI is InChI=1S/C12H16O3/c1-8-6-7-9-4-3-5-10(13)12(8,9)11(14)15-2/h9H,1,3-7H2,2H3/t9-,12-/m1/s1. The van der Waals surface area contributed by atoms with Crippen LogP contribution >= 0.6 is 0 Å². The van der Waals surface area contributed by atoms with Crippen molar-refractivity contribution in [2.45, 2.75) is 32.1 Å². The van der Waals surface area contributed by atoms with Crippen LogP contribution < -0.4 is 0 Å². The summed E-state index contributed by atoms with van der Waals surface area (Å²) in [6, 6.07) is 0. The summed E-state index contributed by atoms with van der Waals surface area (Å²) in [5.74, 6) is -0.230. The summed E-state index contributed by atoms with van der Waals surface area (Å²) in [5.41, 5.74) is -0.212. The van der Waals surface area contributed by atoms with Crippen LogP contribution in [0.3, 0.4) is 0 Å². The molecule has 0 aromatic heterocycles. The van der Waals surface area contributed by atoms with Crippen molar-refractivity contribution in [3.05, 3.63) is 12.2 Å². The number of rotatable bonds is 1. The van der Waals surface area contributed by atoms with Gasteiger partial charge in [0.25, 0.3) is 0 Å². The molecule has 2 atom stereocenters. The molecule has 0 amide bonds. The highest BCUT2D eigenvalue weighted by Crippen LogP contribution is 2.53. The average Bonchev–Trinajstić information content (AvgIpc) is 2.58. The Hall–Kier alpha value is -1.12. The molecule has 0 bridgehead atoms. The molecule has 0 heterocycles. The number of ether oxygens (including phenoxy) is 1. The number of ketones is 1. The highest BCUT2D eigenvalue weighted by molar-refractivity contribution is 6.08. The molecule has 0 radical (unpaired) electrons. The van der Waals surface area contributed by atoms with Crippen LogP contribution in [0.5, 0.6) is 0 Å². The number of esters is 1. The van der Waals surface area contributed by atoms with Crippen LogP contribution in [0.4, 0.5) is 0 Å². The minimum Gasteiger partial charge on any atom is -0.468 e. The van der Waals surface area contributed by atoms with Gasteiger partial charge in [-0.1, -0.05) is 12.2 Å². The van der Waals surface area contributed by atoms with Crippen LogP contribution in [0.2, 0.25) is 0 Å². The molecule has 0 N–H and O–H groups in total. The largest absolute Gasteiger partial charge is 0.468 e. The Balaban J connectivity index is 2.47. The van der Waals surface area contributed by atoms with Gasteiger partial charge in [0.1, 0.15) is 5.41 Å². The summed E-state index contributed by atoms with van der Waals surface area (Å²) >= 11 is 0. The summed E-state index contributed by atoms with van der Waals surface area (Å²) < 4.78 is 4.81. The fraction of sp³-hybridized carbons (Fsp3) is 0.667. The van der Waals surface area contributed by atoms with Crippen LogP contribution in [-0.2, 0) is 14.3 Å². The third-order valence-corrected chi connectivity index (χ3v) is 3.87. The van der Waals surface area contributed by atoms with Crippen LogP contribution in [-0.4, -0.2) is 18.9 Å². The average molecular weight is 208 g/mol. The number of fused-ring (bicyclic) bond motifs is 1. The van der Waals surface area contributed by atoms with Crippen molar-refractivity contribution in [2.24, 2.45) is 11.3 Å². The smallest absolute Gasteiger partial charge is 0.323 e. The molecule has 0 spiro atoms. The molecule has 2 fully saturated rings. The molecular formula is C12H16O3. The van der Waals surface area contributed by atoms with Gasteiger partial charge in [0, 0.05) is 6.42 Å². The van der Waals surface area contributed by atoms with E-state index in [0.717, 1.165) is 31.3 Å². The van der Waals surface area contributed by atoms with Crippen molar-refractivity contribution in [3.8, 4) is 0 Å². The van der Waals surface area contributed by atoms with Gasteiger partial charge >= 0.3 is 5.97 Å². The first kappa shape index (κ1) is 10.4. The summed E-state index contributed by atoms with van der Waals surface area (Å²) in [6.07, 6.45) is 4.02. The van der Waals surface area contributed by atoms with E-state index in [2.05, 4.69) is 6.58 Å². The summed E-state index contributed by atoms with van der Waals surface area (Å²) in [6.45, 7) is 3.91. The van der Waals surface area contributed by atoms with E-state index in [-0.39, 0.29) is 17.7 Å². The van der Waals surface area contributed by atoms with Gasteiger partial charge in [-0.2, -0.15) is 0 Å². The lowest BCUT2D eigenvalue weighted by molar-refractivity contribution is -0.159. The van der Waals surface area contributed by atoms with Crippen molar-refractivity contribution < 1.29 is 14.3 Å². The fourth-order valence-electron chi connectivity index (χ4n) is 3.13. The van der Waals surface area contributed by atoms with Crippen LogP contribution in [0.1, 0.15) is 32.1 Å². The van der Waals surface area contributed by atoms with E-state index in [9.17, 15) is 9.59 Å². The Morgan fingerprint density at radius 1 is 1.47 bits per heavy atom. The maximum absolute atomic E-state index is 12.0. The number of carbonyl (C=O) groups excluding carboxylic acids is 2. The van der Waals surface area contributed by atoms with Crippen molar-refractivity contribution in [3.63, 3.8) is 0 Å². The first-order valence-corrected chi connectivity index (χ1v) is 5.44. The molecule has 82 valence electrons. The van der Waals surface area contributed by atoms with E-state index in [0.29, 0.717) is 6.42 Å². The van der Waals surface area contributed by atoms with Gasteiger partial charge in [0.05, 0.1) is 7.11 Å². The Bertz CT molecular complexity index is 322. The van der Waals surface area contributed by atoms with Gasteiger partial charge in [-0.05, 0) is 31.6 Å². The zero-order valence-electron chi connectivity index (χ0n) is 9.04. The Morgan fingerprint density at radius 3 is 2.87 bits per heavy atom. The minimum absolute atomic E-state index is 0.0214. The van der Waals surface area contributed by atoms with Gasteiger partial charge in [0.15, 0.2) is 5.78 Å². The molecule has 2 aliphatic carbocycles. The molecule has 0 aromatic carbocycles. The summed E-state index contributed by atoms with van der Waals surface area (Å²) in [5, 5.41) is 0. The summed E-state index contributed by atoms with van der Waals surface area (Å²) in [4.78, 5) is 23.9. The quantitative estimate of drug-likeness (QED) is 0.375. The second-order valence-corrected chi connectivity index (χ2v) is 4.45. The molecule has 0 saturated heterocycles. The zero-order chi connectivity index (χ0) is 11.1. The first-order valence-electron chi connectivity index (χ1n) is 5.44. The molecule has 15 heavy (non-hydrogen) atoms. The lowest BCUT2D eigenvalue weighted by Gasteiger charge is -2.35. The van der Waals surface area contributed by atoms with Gasteiger partial charge in [-0.15, -0.1) is 0 Å². The van der Waals surface area contributed by atoms with Crippen molar-refractivity contribution in [1.82, 2.24) is 0 Å². The fourth-order valence-corrected chi connectivity index (χ4v) is 3.13. The van der Waals surface area contributed by atoms with E-state index < -0.39 is 5.41 Å². The predicted molar refractivity (Wildman–Crippen MR) is 55.2 cm³/mol. The highest BCUT2D eigenvalue weighted by Gasteiger charge is 2.58. The predicted octanol–water partition coefficient (Wildman–Crippen LogP) is 1.86. The number of hydrogen-bond donors (Lipinski definition) is 0. The molecular weight excluding hydrogens is 192 g/mol. The molecule has 3 nitrogen and oxygen atoms in total. The Morgan fingerprint density at radius 2 is 2.20 bits per heavy atom. The molecule has 0 aliphatic heterocycles. The lowest BCUT2D eigenvalue weighted by Crippen LogP contribution is -2.46. The molecule has 2 rings (SSSR count). The van der Waals surface area contributed by atoms with Gasteiger partial charge in [-0.25, -0.2) is 0 Å². The number of Topliss-reactive ketones (excluding diaryl/α,β-unsaturated/α-hetero) is 1. The second kappa shape index (κ2) is 3.47. The van der Waals surface area contributed by atoms with Crippen molar-refractivity contribution >= 4 is 11.8 Å². The van der Waals surface area contributed by atoms with Gasteiger partial charge < -0.3 is 4.74 Å². The monoisotopic (exact) mass is 208 g/mol. The molecule has 0 unspecified atom stereocenters. The molecule has 3 heteroatoms. The third kappa shape index (κ3) is 1.18. The van der Waals surface area contributed by atoms with Gasteiger partial charge in [-0.3, -0.25) is 9.59 Å². The topological polar surface area (TPSA) is 43.4 Å². The zero-order valence-corrected chi connectivity index (χ0v) is 9.04. The minimum atomic E-state index is -0.979. The third-order valence-electron chi connectivity index (χ3n) is 3.87. The second-order valence-electron chi connectivity index (χ2n) is 4.45. The molecule has 2 saturated carbocycles. The SMILES string of the molecule is C=C1CC[C@H]2CCCC(=O)[C@@]12C(=O)OC. The number of carbonyl (C=O) groups is 2. The number of methoxy groups -OCH3 is 1. The Kier molecular flexibility index (Phi) is 2.41. The maximum Gasteiger partial charge on any atom is 0.323 e. The van der Waals surface area contributed by atoms with E-state index in [1.165, 1.54) is 7.11 Å². The van der Waals surface area contributed by atoms with E-state index in [4.69, 9.17) is 4.74 Å². The van der Waals surface area contributed by atoms with Crippen molar-refractivity contribution in [1.29, 1.82) is 0 Å². The van der Waals surface area contributed by atoms with Crippen LogP contribution in [0.25, 0.3) is 0 Å². The van der Waals surface area contributed by atoms with E-state index >= 15 is 0 Å². The lowest BCUT2D eigenvalue weighted by atomic mass is 9.66. The van der Waals surface area contributed by atoms with E-state index in [1.54, 1.807) is 0 Å². The summed E-state index contributed by atoms with van der Waals surface area (Å²) in [7, 11) is 1.35. The maximum atomic E-state index is 12.0. The highest BCUT2D eigenvalue weighted by atomic mass is 16.5. The Labute approximate surface area is 89.5 Å². The number of hydrogen-bond acceptors (Lipinski definition) is 3. The van der Waals surface area contributed by atoms with Crippen molar-refractivity contribution in [2.75, 3.05) is 7.11 Å². The molecule has 2 aliphatic rings. The van der Waals surface area contributed by atoms with Crippen LogP contribution in [0, 0.1) is 11.3 Å². The van der Waals surface area contributed by atoms with Gasteiger partial charge in [0.2, 0.25) is 0 Å². The van der Waals surface area contributed by atoms with Crippen LogP contribution in [0.15, 0.2) is 12.2 Å². The molecule has 0 aromatic rings.